The Bertz CT molecular complexity index is 1440. The molecule has 48 heavy (non-hydrogen) atoms. The largest absolute Gasteiger partial charge is 0.397 e. The number of nitrogens with one attached hydrogen (secondary N) is 2. The molecule has 258 valence electrons. The van der Waals surface area contributed by atoms with Crippen LogP contribution in [0.4, 0.5) is 17.1 Å². The van der Waals surface area contributed by atoms with E-state index in [4.69, 9.17) is 15.2 Å². The molecule has 0 saturated carbocycles. The number of para-hydroxylation sites is 2. The number of unbranched alkanes of at least 4 members (excludes halogenated alkanes) is 3. The summed E-state index contributed by atoms with van der Waals surface area (Å²) in [5.41, 5.74) is 10.6. The zero-order valence-electron chi connectivity index (χ0n) is 28.1. The first-order valence-corrected chi connectivity index (χ1v) is 17.7. The number of hydrogen-bond acceptors (Lipinski definition) is 7. The normalized spacial score (nSPS) is 20.4. The van der Waals surface area contributed by atoms with E-state index in [1.54, 1.807) is 12.1 Å². The maximum atomic E-state index is 12.8. The fraction of sp³-hybridized carbons (Fsp3) is 0.487. The van der Waals surface area contributed by atoms with E-state index >= 15 is 0 Å². The molecule has 0 bridgehead atoms. The number of likely N-dealkylation sites (tertiary alicyclic amines) is 1. The second-order valence-corrected chi connectivity index (χ2v) is 13.1. The van der Waals surface area contributed by atoms with E-state index in [0.717, 1.165) is 74.1 Å². The van der Waals surface area contributed by atoms with Gasteiger partial charge in [0, 0.05) is 37.1 Å². The highest BCUT2D eigenvalue weighted by molar-refractivity contribution is 5.93. The molecular weight excluding hydrogens is 604 g/mol. The van der Waals surface area contributed by atoms with Crippen molar-refractivity contribution < 1.29 is 24.2 Å². The molecule has 0 spiro atoms. The van der Waals surface area contributed by atoms with E-state index in [9.17, 15) is 14.7 Å². The number of aliphatic hydroxyl groups is 1. The minimum Gasteiger partial charge on any atom is -0.397 e. The third kappa shape index (κ3) is 11.2. The molecule has 0 unspecified atom stereocenters. The van der Waals surface area contributed by atoms with Crippen molar-refractivity contribution in [3.05, 3.63) is 89.5 Å². The van der Waals surface area contributed by atoms with Gasteiger partial charge in [0.25, 0.3) is 0 Å². The van der Waals surface area contributed by atoms with Crippen LogP contribution in [0.15, 0.2) is 72.8 Å². The van der Waals surface area contributed by atoms with Crippen molar-refractivity contribution in [3.63, 3.8) is 0 Å². The molecular formula is C39H52N4O5. The predicted molar refractivity (Wildman–Crippen MR) is 190 cm³/mol. The second-order valence-electron chi connectivity index (χ2n) is 13.1. The third-order valence-corrected chi connectivity index (χ3v) is 9.26. The zero-order chi connectivity index (χ0) is 33.6. The van der Waals surface area contributed by atoms with Gasteiger partial charge in [-0.1, -0.05) is 80.6 Å². The molecule has 0 radical (unpaired) electrons. The molecule has 5 rings (SSSR count). The summed E-state index contributed by atoms with van der Waals surface area (Å²) in [5, 5.41) is 15.4. The van der Waals surface area contributed by atoms with Gasteiger partial charge in [0.15, 0.2) is 6.29 Å². The van der Waals surface area contributed by atoms with E-state index in [0.29, 0.717) is 24.2 Å². The van der Waals surface area contributed by atoms with Gasteiger partial charge in [-0.2, -0.15) is 0 Å². The van der Waals surface area contributed by atoms with E-state index in [1.165, 1.54) is 32.1 Å². The Labute approximate surface area is 285 Å². The third-order valence-electron chi connectivity index (χ3n) is 9.26. The number of rotatable bonds is 14. The lowest BCUT2D eigenvalue weighted by Crippen LogP contribution is -2.40. The number of nitrogens with two attached hydrogens (primary N) is 1. The number of carbonyl (C=O) groups is 2. The Balaban J connectivity index is 1.12. The maximum Gasteiger partial charge on any atom is 0.224 e. The number of aliphatic hydroxyl groups excluding tert-OH is 1. The van der Waals surface area contributed by atoms with Gasteiger partial charge in [-0.25, -0.2) is 0 Å². The molecule has 9 heteroatoms. The van der Waals surface area contributed by atoms with Gasteiger partial charge in [0.2, 0.25) is 11.8 Å². The first kappa shape index (κ1) is 35.5. The van der Waals surface area contributed by atoms with Crippen molar-refractivity contribution >= 4 is 28.9 Å². The molecule has 2 aliphatic rings. The van der Waals surface area contributed by atoms with Crippen LogP contribution in [0.5, 0.6) is 0 Å². The molecule has 2 heterocycles. The van der Waals surface area contributed by atoms with Crippen LogP contribution in [0.2, 0.25) is 0 Å². The Morgan fingerprint density at radius 1 is 0.771 bits per heavy atom. The number of nitrogens with zero attached hydrogens (tertiary/aromatic N) is 1. The number of benzene rings is 3. The van der Waals surface area contributed by atoms with Gasteiger partial charge < -0.3 is 35.8 Å². The average molecular weight is 657 g/mol. The number of hydrogen-bond donors (Lipinski definition) is 4. The van der Waals surface area contributed by atoms with Crippen molar-refractivity contribution in [2.45, 2.75) is 102 Å². The SMILES string of the molecule is Nc1ccccc1NC(=O)CCCCCCC(=O)Nc1cccc([C@@H]2O[C@H](CN3CCCCCCC3)C[C@H](c3ccc(CO)cc3)O2)c1. The van der Waals surface area contributed by atoms with Crippen molar-refractivity contribution in [2.75, 3.05) is 36.0 Å². The Kier molecular flexibility index (Phi) is 13.8. The minimum absolute atomic E-state index is 0.00601. The number of amides is 2. The van der Waals surface area contributed by atoms with Gasteiger partial charge in [-0.15, -0.1) is 0 Å². The van der Waals surface area contributed by atoms with Gasteiger partial charge in [-0.3, -0.25) is 9.59 Å². The molecule has 5 N–H and O–H groups in total. The summed E-state index contributed by atoms with van der Waals surface area (Å²) in [6.45, 7) is 3.08. The highest BCUT2D eigenvalue weighted by atomic mass is 16.7. The summed E-state index contributed by atoms with van der Waals surface area (Å²) in [5.74, 6) is -0.0854. The van der Waals surface area contributed by atoms with Crippen LogP contribution in [0, 0.1) is 0 Å². The van der Waals surface area contributed by atoms with Gasteiger partial charge in [0.1, 0.15) is 0 Å². The fourth-order valence-electron chi connectivity index (χ4n) is 6.55. The van der Waals surface area contributed by atoms with Gasteiger partial charge in [-0.05, 0) is 74.2 Å². The number of carbonyl (C=O) groups excluding carboxylic acids is 2. The molecule has 2 amide bonds. The quantitative estimate of drug-likeness (QED) is 0.105. The van der Waals surface area contributed by atoms with E-state index in [1.807, 2.05) is 60.7 Å². The lowest BCUT2D eigenvalue weighted by Gasteiger charge is -2.39. The highest BCUT2D eigenvalue weighted by Gasteiger charge is 2.33. The first-order valence-electron chi connectivity index (χ1n) is 17.7. The lowest BCUT2D eigenvalue weighted by molar-refractivity contribution is -0.253. The highest BCUT2D eigenvalue weighted by Crippen LogP contribution is 2.39. The van der Waals surface area contributed by atoms with Crippen LogP contribution in [-0.4, -0.2) is 47.6 Å². The second kappa shape index (κ2) is 18.7. The van der Waals surface area contributed by atoms with E-state index < -0.39 is 6.29 Å². The molecule has 0 aliphatic carbocycles. The fourth-order valence-corrected chi connectivity index (χ4v) is 6.55. The first-order chi connectivity index (χ1) is 23.5. The Morgan fingerprint density at radius 2 is 1.46 bits per heavy atom. The van der Waals surface area contributed by atoms with Crippen molar-refractivity contribution in [1.82, 2.24) is 4.90 Å². The van der Waals surface area contributed by atoms with Crippen LogP contribution in [0.1, 0.15) is 106 Å². The van der Waals surface area contributed by atoms with Gasteiger partial charge in [0.05, 0.1) is 30.2 Å². The summed E-state index contributed by atoms with van der Waals surface area (Å²) in [6.07, 6.45) is 10.5. The minimum atomic E-state index is -0.562. The summed E-state index contributed by atoms with van der Waals surface area (Å²) in [4.78, 5) is 27.6. The number of ether oxygens (including phenoxy) is 2. The summed E-state index contributed by atoms with van der Waals surface area (Å²) in [6, 6.07) is 23.0. The van der Waals surface area contributed by atoms with Crippen molar-refractivity contribution in [2.24, 2.45) is 0 Å². The van der Waals surface area contributed by atoms with Crippen LogP contribution in [-0.2, 0) is 25.7 Å². The van der Waals surface area contributed by atoms with Crippen LogP contribution in [0.3, 0.4) is 0 Å². The molecule has 9 nitrogen and oxygen atoms in total. The Morgan fingerprint density at radius 3 is 2.17 bits per heavy atom. The van der Waals surface area contributed by atoms with Crippen LogP contribution in [0.25, 0.3) is 0 Å². The molecule has 2 fully saturated rings. The molecule has 2 saturated heterocycles. The van der Waals surface area contributed by atoms with E-state index in [2.05, 4.69) is 15.5 Å². The molecule has 2 aliphatic heterocycles. The monoisotopic (exact) mass is 656 g/mol. The van der Waals surface area contributed by atoms with Gasteiger partial charge >= 0.3 is 0 Å². The average Bonchev–Trinajstić information content (AvgIpc) is 3.08. The molecule has 3 atom stereocenters. The number of nitrogen functional groups attached to an aromatic ring is 1. The van der Waals surface area contributed by atoms with Crippen molar-refractivity contribution in [3.8, 4) is 0 Å². The smallest absolute Gasteiger partial charge is 0.224 e. The molecule has 3 aromatic carbocycles. The number of anilines is 3. The summed E-state index contributed by atoms with van der Waals surface area (Å²) in [7, 11) is 0. The summed E-state index contributed by atoms with van der Waals surface area (Å²) < 4.78 is 13.2. The topological polar surface area (TPSA) is 126 Å². The van der Waals surface area contributed by atoms with Crippen LogP contribution < -0.4 is 16.4 Å². The van der Waals surface area contributed by atoms with E-state index in [-0.39, 0.29) is 30.6 Å². The Hall–Kier alpha value is -3.76. The molecule has 0 aromatic heterocycles. The standard InChI is InChI=1S/C39H52N4O5/c40-34-15-8-9-16-35(34)42-38(46)18-7-3-2-6-17-37(45)41-32-14-12-13-31(25-32)39-47-33(27-43-23-10-4-1-5-11-24-43)26-36(48-39)30-21-19-29(28-44)20-22-30/h8-9,12-16,19-22,25,33,36,39,44H,1-7,10-11,17-18,23-24,26-28,40H2,(H,41,45)(H,42,46)/t33-,36+,39+/m0/s1. The zero-order valence-corrected chi connectivity index (χ0v) is 28.1. The predicted octanol–water partition coefficient (Wildman–Crippen LogP) is 7.49. The lowest BCUT2D eigenvalue weighted by atomic mass is 9.99. The maximum absolute atomic E-state index is 12.8. The van der Waals surface area contributed by atoms with Crippen LogP contribution >= 0.6 is 0 Å². The summed E-state index contributed by atoms with van der Waals surface area (Å²) >= 11 is 0. The molecule has 3 aromatic rings. The van der Waals surface area contributed by atoms with Crippen molar-refractivity contribution in [1.29, 1.82) is 0 Å².